The first-order valence-electron chi connectivity index (χ1n) is 17.6. The minimum atomic E-state index is -0.0801. The summed E-state index contributed by atoms with van der Waals surface area (Å²) in [7, 11) is 0. The van der Waals surface area contributed by atoms with E-state index < -0.39 is 0 Å². The highest BCUT2D eigenvalue weighted by Gasteiger charge is 2.03. The lowest BCUT2D eigenvalue weighted by atomic mass is 10.0. The van der Waals surface area contributed by atoms with Crippen molar-refractivity contribution in [2.24, 2.45) is 0 Å². The van der Waals surface area contributed by atoms with Crippen molar-refractivity contribution in [3.05, 3.63) is 48.6 Å². The molecule has 0 saturated heterocycles. The predicted octanol–water partition coefficient (Wildman–Crippen LogP) is 13.1. The van der Waals surface area contributed by atoms with E-state index in [2.05, 4.69) is 62.5 Å². The number of hydrogen-bond donors (Lipinski definition) is 1. The standard InChI is InChI=1S/C38H70O/c1-3-5-7-9-11-13-15-17-19-20-21-23-25-27-29-31-33-35-37-38(39)36-34-32-30-28-26-24-22-18-16-14-12-10-8-6-4-2/h11,13,17,19,21,23,27,29,38-39H,3-10,12,14-16,18,20,22,24-26,28,30-37H2,1-2H3/b13-11-,19-17-,23-21-,29-27-. The van der Waals surface area contributed by atoms with Crippen LogP contribution in [-0.4, -0.2) is 11.2 Å². The molecule has 0 amide bonds. The molecule has 0 aromatic heterocycles. The Morgan fingerprint density at radius 2 is 0.641 bits per heavy atom. The molecule has 1 unspecified atom stereocenters. The van der Waals surface area contributed by atoms with Crippen LogP contribution >= 0.6 is 0 Å². The van der Waals surface area contributed by atoms with Gasteiger partial charge < -0.3 is 5.11 Å². The molecule has 0 aliphatic carbocycles. The van der Waals surface area contributed by atoms with E-state index in [0.717, 1.165) is 44.9 Å². The van der Waals surface area contributed by atoms with Gasteiger partial charge >= 0.3 is 0 Å². The number of rotatable bonds is 31. The third kappa shape index (κ3) is 34.9. The van der Waals surface area contributed by atoms with E-state index in [9.17, 15) is 5.11 Å². The molecule has 0 aliphatic rings. The summed E-state index contributed by atoms with van der Waals surface area (Å²) in [6.07, 6.45) is 53.0. The molecule has 0 aromatic rings. The molecule has 0 rings (SSSR count). The lowest BCUT2D eigenvalue weighted by molar-refractivity contribution is 0.147. The van der Waals surface area contributed by atoms with Crippen molar-refractivity contribution in [2.75, 3.05) is 0 Å². The van der Waals surface area contributed by atoms with Crippen molar-refractivity contribution in [2.45, 2.75) is 193 Å². The Labute approximate surface area is 246 Å². The van der Waals surface area contributed by atoms with E-state index in [4.69, 9.17) is 0 Å². The van der Waals surface area contributed by atoms with Crippen LogP contribution in [-0.2, 0) is 0 Å². The Morgan fingerprint density at radius 1 is 0.359 bits per heavy atom. The van der Waals surface area contributed by atoms with E-state index in [-0.39, 0.29) is 6.10 Å². The summed E-state index contributed by atoms with van der Waals surface area (Å²) in [6, 6.07) is 0. The number of unbranched alkanes of at least 4 members (excludes halogenated alkanes) is 19. The average molecular weight is 543 g/mol. The second-order valence-corrected chi connectivity index (χ2v) is 11.8. The zero-order valence-corrected chi connectivity index (χ0v) is 26.7. The highest BCUT2D eigenvalue weighted by atomic mass is 16.3. The molecule has 0 radical (unpaired) electrons. The third-order valence-electron chi connectivity index (χ3n) is 7.76. The van der Waals surface area contributed by atoms with Gasteiger partial charge in [0.1, 0.15) is 0 Å². The Hall–Kier alpha value is -1.08. The van der Waals surface area contributed by atoms with Crippen LogP contribution in [0.1, 0.15) is 187 Å². The second-order valence-electron chi connectivity index (χ2n) is 11.8. The third-order valence-corrected chi connectivity index (χ3v) is 7.76. The fourth-order valence-electron chi connectivity index (χ4n) is 5.10. The smallest absolute Gasteiger partial charge is 0.0540 e. The van der Waals surface area contributed by atoms with Gasteiger partial charge in [0.2, 0.25) is 0 Å². The zero-order valence-electron chi connectivity index (χ0n) is 26.7. The van der Waals surface area contributed by atoms with Crippen LogP contribution in [0.25, 0.3) is 0 Å². The molecule has 228 valence electrons. The predicted molar refractivity (Wildman–Crippen MR) is 179 cm³/mol. The average Bonchev–Trinajstić information content (AvgIpc) is 2.94. The molecule has 39 heavy (non-hydrogen) atoms. The molecular weight excluding hydrogens is 472 g/mol. The number of aliphatic hydroxyl groups excluding tert-OH is 1. The first-order chi connectivity index (χ1) is 19.3. The van der Waals surface area contributed by atoms with Crippen molar-refractivity contribution < 1.29 is 5.11 Å². The lowest BCUT2D eigenvalue weighted by Gasteiger charge is -2.09. The molecule has 1 heteroatoms. The maximum atomic E-state index is 10.3. The Morgan fingerprint density at radius 3 is 1.05 bits per heavy atom. The second kappa shape index (κ2) is 34.9. The SMILES string of the molecule is CCCCC/C=C\C/C=C\C/C=C\C/C=C\CCCCC(O)CCCCCCCCCCCCCCCCC. The van der Waals surface area contributed by atoms with E-state index in [1.807, 2.05) is 0 Å². The summed E-state index contributed by atoms with van der Waals surface area (Å²) < 4.78 is 0. The summed E-state index contributed by atoms with van der Waals surface area (Å²) >= 11 is 0. The summed E-state index contributed by atoms with van der Waals surface area (Å²) in [5.41, 5.74) is 0. The topological polar surface area (TPSA) is 20.2 Å². The molecule has 0 saturated carbocycles. The van der Waals surface area contributed by atoms with Crippen molar-refractivity contribution in [1.82, 2.24) is 0 Å². The van der Waals surface area contributed by atoms with Crippen molar-refractivity contribution in [3.8, 4) is 0 Å². The maximum absolute atomic E-state index is 10.3. The van der Waals surface area contributed by atoms with E-state index in [1.165, 1.54) is 128 Å². The minimum Gasteiger partial charge on any atom is -0.393 e. The van der Waals surface area contributed by atoms with Gasteiger partial charge in [-0.05, 0) is 57.8 Å². The molecule has 0 aromatic carbocycles. The van der Waals surface area contributed by atoms with Crippen molar-refractivity contribution in [1.29, 1.82) is 0 Å². The van der Waals surface area contributed by atoms with Crippen LogP contribution in [0.3, 0.4) is 0 Å². The normalized spacial score (nSPS) is 13.2. The van der Waals surface area contributed by atoms with Crippen molar-refractivity contribution in [3.63, 3.8) is 0 Å². The minimum absolute atomic E-state index is 0.0801. The van der Waals surface area contributed by atoms with Crippen LogP contribution in [0.4, 0.5) is 0 Å². The molecule has 1 nitrogen and oxygen atoms in total. The number of hydrogen-bond acceptors (Lipinski definition) is 1. The fraction of sp³-hybridized carbons (Fsp3) is 0.789. The summed E-state index contributed by atoms with van der Waals surface area (Å²) in [4.78, 5) is 0. The Bertz CT molecular complexity index is 555. The highest BCUT2D eigenvalue weighted by Crippen LogP contribution is 2.15. The first-order valence-corrected chi connectivity index (χ1v) is 17.6. The van der Waals surface area contributed by atoms with Crippen LogP contribution in [0.15, 0.2) is 48.6 Å². The molecule has 0 heterocycles. The van der Waals surface area contributed by atoms with Gasteiger partial charge in [-0.15, -0.1) is 0 Å². The molecule has 1 atom stereocenters. The zero-order chi connectivity index (χ0) is 28.3. The van der Waals surface area contributed by atoms with Crippen LogP contribution < -0.4 is 0 Å². The van der Waals surface area contributed by atoms with Crippen molar-refractivity contribution >= 4 is 0 Å². The Kier molecular flexibility index (Phi) is 34.0. The fourth-order valence-corrected chi connectivity index (χ4v) is 5.10. The first kappa shape index (κ1) is 37.9. The molecule has 0 spiro atoms. The van der Waals surface area contributed by atoms with Crippen LogP contribution in [0, 0.1) is 0 Å². The van der Waals surface area contributed by atoms with E-state index >= 15 is 0 Å². The van der Waals surface area contributed by atoms with Crippen LogP contribution in [0.5, 0.6) is 0 Å². The summed E-state index contributed by atoms with van der Waals surface area (Å²) in [6.45, 7) is 4.55. The monoisotopic (exact) mass is 543 g/mol. The lowest BCUT2D eigenvalue weighted by Crippen LogP contribution is -2.05. The molecular formula is C38H70O. The van der Waals surface area contributed by atoms with E-state index in [1.54, 1.807) is 0 Å². The maximum Gasteiger partial charge on any atom is 0.0540 e. The van der Waals surface area contributed by atoms with Gasteiger partial charge in [0.05, 0.1) is 6.10 Å². The molecule has 0 aliphatic heterocycles. The van der Waals surface area contributed by atoms with Gasteiger partial charge in [0.25, 0.3) is 0 Å². The van der Waals surface area contributed by atoms with Gasteiger partial charge in [-0.2, -0.15) is 0 Å². The van der Waals surface area contributed by atoms with Gasteiger partial charge in [-0.3, -0.25) is 0 Å². The van der Waals surface area contributed by atoms with Gasteiger partial charge in [-0.1, -0.05) is 178 Å². The number of aliphatic hydroxyl groups is 1. The summed E-state index contributed by atoms with van der Waals surface area (Å²) in [5.74, 6) is 0. The number of allylic oxidation sites excluding steroid dienone is 8. The quantitative estimate of drug-likeness (QED) is 0.0682. The van der Waals surface area contributed by atoms with Gasteiger partial charge in [-0.25, -0.2) is 0 Å². The van der Waals surface area contributed by atoms with Gasteiger partial charge in [0.15, 0.2) is 0 Å². The molecule has 0 fully saturated rings. The molecule has 0 bridgehead atoms. The van der Waals surface area contributed by atoms with Gasteiger partial charge in [0, 0.05) is 0 Å². The largest absolute Gasteiger partial charge is 0.393 e. The summed E-state index contributed by atoms with van der Waals surface area (Å²) in [5, 5.41) is 10.3. The van der Waals surface area contributed by atoms with Crippen LogP contribution in [0.2, 0.25) is 0 Å². The Balaban J connectivity index is 3.33. The molecule has 1 N–H and O–H groups in total. The van der Waals surface area contributed by atoms with E-state index in [0.29, 0.717) is 0 Å². The highest BCUT2D eigenvalue weighted by molar-refractivity contribution is 4.99.